The zero-order chi connectivity index (χ0) is 23.5. The Hall–Kier alpha value is -3.07. The second-order valence-electron chi connectivity index (χ2n) is 8.28. The van der Waals surface area contributed by atoms with Crippen molar-refractivity contribution in [3.8, 4) is 22.0 Å². The first kappa shape index (κ1) is 22.7. The molecule has 9 heteroatoms. The fourth-order valence-electron chi connectivity index (χ4n) is 4.01. The molecular weight excluding hydrogens is 470 g/mol. The molecule has 174 valence electrons. The number of nitrogens with zero attached hydrogens (tertiary/aromatic N) is 5. The second kappa shape index (κ2) is 10.0. The maximum atomic E-state index is 12.8. The monoisotopic (exact) mass is 493 g/mol. The summed E-state index contributed by atoms with van der Waals surface area (Å²) in [7, 11) is 0. The van der Waals surface area contributed by atoms with Crippen molar-refractivity contribution >= 4 is 28.8 Å². The van der Waals surface area contributed by atoms with E-state index < -0.39 is 0 Å². The lowest BCUT2D eigenvalue weighted by Crippen LogP contribution is -2.48. The number of carbonyl (C=O) groups excluding carboxylic acids is 1. The largest absolute Gasteiger partial charge is 0.340 e. The summed E-state index contributed by atoms with van der Waals surface area (Å²) in [4.78, 5) is 26.2. The number of amides is 1. The van der Waals surface area contributed by atoms with Gasteiger partial charge in [-0.3, -0.25) is 9.69 Å². The van der Waals surface area contributed by atoms with Crippen molar-refractivity contribution < 1.29 is 9.32 Å². The normalized spacial score (nSPS) is 14.5. The van der Waals surface area contributed by atoms with E-state index in [2.05, 4.69) is 20.0 Å². The van der Waals surface area contributed by atoms with E-state index in [-0.39, 0.29) is 5.91 Å². The molecule has 2 aromatic heterocycles. The Morgan fingerprint density at radius 2 is 1.76 bits per heavy atom. The van der Waals surface area contributed by atoms with Gasteiger partial charge in [0.25, 0.3) is 0 Å². The van der Waals surface area contributed by atoms with Gasteiger partial charge < -0.3 is 9.42 Å². The molecule has 0 saturated carbocycles. The maximum absolute atomic E-state index is 12.8. The molecule has 1 aliphatic heterocycles. The summed E-state index contributed by atoms with van der Waals surface area (Å²) in [5.74, 6) is 1.30. The lowest BCUT2D eigenvalue weighted by molar-refractivity contribution is -0.132. The van der Waals surface area contributed by atoms with Gasteiger partial charge in [-0.2, -0.15) is 4.98 Å². The highest BCUT2D eigenvalue weighted by molar-refractivity contribution is 7.13. The minimum atomic E-state index is 0.0929. The van der Waals surface area contributed by atoms with Gasteiger partial charge in [-0.1, -0.05) is 59.2 Å². The molecular formula is C25H24ClN5O2S. The Bertz CT molecular complexity index is 1300. The molecule has 0 N–H and O–H groups in total. The summed E-state index contributed by atoms with van der Waals surface area (Å²) in [5.41, 5.74) is 3.77. The fraction of sp³-hybridized carbons (Fsp3) is 0.280. The van der Waals surface area contributed by atoms with Crippen LogP contribution in [0.3, 0.4) is 0 Å². The van der Waals surface area contributed by atoms with Crippen molar-refractivity contribution in [2.75, 3.05) is 26.2 Å². The predicted octanol–water partition coefficient (Wildman–Crippen LogP) is 4.71. The average molecular weight is 494 g/mol. The highest BCUT2D eigenvalue weighted by atomic mass is 35.5. The standard InChI is InChI=1S/C25H24ClN5O2S/c1-17-6-2-3-7-19(17)24-28-22(33-29-24)15-30-10-12-31(13-11-30)23(32)14-18-16-34-25(27-18)20-8-4-5-9-21(20)26/h2-9,16H,10-15H2,1H3. The summed E-state index contributed by atoms with van der Waals surface area (Å²) in [6.45, 7) is 5.46. The molecule has 5 rings (SSSR count). The van der Waals surface area contributed by atoms with Gasteiger partial charge >= 0.3 is 0 Å². The van der Waals surface area contributed by atoms with Gasteiger partial charge in [-0.15, -0.1) is 11.3 Å². The molecule has 1 aliphatic rings. The smallest absolute Gasteiger partial charge is 0.241 e. The minimum Gasteiger partial charge on any atom is -0.340 e. The number of thiazole rings is 1. The minimum absolute atomic E-state index is 0.0929. The van der Waals surface area contributed by atoms with E-state index in [9.17, 15) is 4.79 Å². The molecule has 2 aromatic carbocycles. The number of piperazine rings is 1. The summed E-state index contributed by atoms with van der Waals surface area (Å²) >= 11 is 7.79. The highest BCUT2D eigenvalue weighted by Gasteiger charge is 2.23. The van der Waals surface area contributed by atoms with Crippen molar-refractivity contribution in [2.45, 2.75) is 19.9 Å². The molecule has 1 fully saturated rings. The lowest BCUT2D eigenvalue weighted by Gasteiger charge is -2.33. The second-order valence-corrected chi connectivity index (χ2v) is 9.55. The van der Waals surface area contributed by atoms with Crippen molar-refractivity contribution in [1.82, 2.24) is 24.9 Å². The van der Waals surface area contributed by atoms with Crippen LogP contribution < -0.4 is 0 Å². The van der Waals surface area contributed by atoms with Crippen LogP contribution in [-0.4, -0.2) is 57.0 Å². The van der Waals surface area contributed by atoms with Crippen molar-refractivity contribution in [3.63, 3.8) is 0 Å². The number of aryl methyl sites for hydroxylation is 1. The highest BCUT2D eigenvalue weighted by Crippen LogP contribution is 2.30. The molecule has 0 atom stereocenters. The number of benzene rings is 2. The van der Waals surface area contributed by atoms with Crippen LogP contribution in [0.2, 0.25) is 5.02 Å². The van der Waals surface area contributed by atoms with Crippen LogP contribution in [0.1, 0.15) is 17.1 Å². The van der Waals surface area contributed by atoms with Crippen molar-refractivity contribution in [2.24, 2.45) is 0 Å². The summed E-state index contributed by atoms with van der Waals surface area (Å²) in [6, 6.07) is 15.6. The zero-order valence-electron chi connectivity index (χ0n) is 18.8. The SMILES string of the molecule is Cc1ccccc1-c1noc(CN2CCN(C(=O)Cc3csc(-c4ccccc4Cl)n3)CC2)n1. The Labute approximate surface area is 207 Å². The van der Waals surface area contributed by atoms with E-state index in [4.69, 9.17) is 16.1 Å². The average Bonchev–Trinajstić information content (AvgIpc) is 3.50. The number of rotatable bonds is 6. The number of hydrogen-bond donors (Lipinski definition) is 0. The first-order valence-corrected chi connectivity index (χ1v) is 12.4. The third kappa shape index (κ3) is 5.04. The van der Waals surface area contributed by atoms with Crippen LogP contribution in [0.4, 0.5) is 0 Å². The summed E-state index contributed by atoms with van der Waals surface area (Å²) in [6.07, 6.45) is 0.296. The Morgan fingerprint density at radius 3 is 2.53 bits per heavy atom. The molecule has 0 aliphatic carbocycles. The molecule has 0 unspecified atom stereocenters. The lowest BCUT2D eigenvalue weighted by atomic mass is 10.1. The number of carbonyl (C=O) groups is 1. The van der Waals surface area contributed by atoms with Gasteiger partial charge in [0, 0.05) is 42.7 Å². The van der Waals surface area contributed by atoms with Crippen molar-refractivity contribution in [3.05, 3.63) is 76.1 Å². The van der Waals surface area contributed by atoms with Crippen LogP contribution in [0.25, 0.3) is 22.0 Å². The third-order valence-corrected chi connectivity index (χ3v) is 7.18. The van der Waals surface area contributed by atoms with Gasteiger partial charge in [0.2, 0.25) is 17.6 Å². The first-order valence-electron chi connectivity index (χ1n) is 11.1. The maximum Gasteiger partial charge on any atom is 0.241 e. The van der Waals surface area contributed by atoms with Gasteiger partial charge in [-0.05, 0) is 18.6 Å². The molecule has 4 aromatic rings. The Morgan fingerprint density at radius 1 is 1.03 bits per heavy atom. The first-order chi connectivity index (χ1) is 16.6. The van der Waals surface area contributed by atoms with Crippen LogP contribution in [0.15, 0.2) is 58.4 Å². The Balaban J connectivity index is 1.14. The van der Waals surface area contributed by atoms with Crippen LogP contribution in [0, 0.1) is 6.92 Å². The Kier molecular flexibility index (Phi) is 6.71. The molecule has 1 saturated heterocycles. The fourth-order valence-corrected chi connectivity index (χ4v) is 5.15. The molecule has 7 nitrogen and oxygen atoms in total. The van der Waals surface area contributed by atoms with Gasteiger partial charge in [-0.25, -0.2) is 4.98 Å². The van der Waals surface area contributed by atoms with E-state index in [1.54, 1.807) is 0 Å². The van der Waals surface area contributed by atoms with E-state index in [0.717, 1.165) is 40.5 Å². The van der Waals surface area contributed by atoms with Gasteiger partial charge in [0.1, 0.15) is 5.01 Å². The summed E-state index contributed by atoms with van der Waals surface area (Å²) in [5, 5.41) is 7.58. The summed E-state index contributed by atoms with van der Waals surface area (Å²) < 4.78 is 5.48. The molecule has 34 heavy (non-hydrogen) atoms. The predicted molar refractivity (Wildman–Crippen MR) is 133 cm³/mol. The molecule has 0 radical (unpaired) electrons. The molecule has 0 bridgehead atoms. The van der Waals surface area contributed by atoms with Gasteiger partial charge in [0.05, 0.1) is 23.7 Å². The van der Waals surface area contributed by atoms with Crippen LogP contribution >= 0.6 is 22.9 Å². The quantitative estimate of drug-likeness (QED) is 0.387. The van der Waals surface area contributed by atoms with E-state index in [1.807, 2.05) is 65.7 Å². The topological polar surface area (TPSA) is 75.4 Å². The van der Waals surface area contributed by atoms with E-state index in [1.165, 1.54) is 11.3 Å². The molecule has 3 heterocycles. The number of hydrogen-bond acceptors (Lipinski definition) is 7. The number of aromatic nitrogens is 3. The zero-order valence-corrected chi connectivity index (χ0v) is 20.3. The van der Waals surface area contributed by atoms with Crippen LogP contribution in [0.5, 0.6) is 0 Å². The number of halogens is 1. The van der Waals surface area contributed by atoms with Crippen LogP contribution in [-0.2, 0) is 17.8 Å². The molecule has 1 amide bonds. The van der Waals surface area contributed by atoms with Crippen molar-refractivity contribution in [1.29, 1.82) is 0 Å². The molecule has 0 spiro atoms. The van der Waals surface area contributed by atoms with E-state index >= 15 is 0 Å². The van der Waals surface area contributed by atoms with Gasteiger partial charge in [0.15, 0.2) is 0 Å². The third-order valence-electron chi connectivity index (χ3n) is 5.93. The van der Waals surface area contributed by atoms with E-state index in [0.29, 0.717) is 42.8 Å².